The van der Waals surface area contributed by atoms with Gasteiger partial charge in [-0.15, -0.1) is 12.4 Å². The molecule has 0 aromatic heterocycles. The van der Waals surface area contributed by atoms with Crippen LogP contribution in [0, 0.1) is 0 Å². The van der Waals surface area contributed by atoms with Gasteiger partial charge < -0.3 is 19.3 Å². The van der Waals surface area contributed by atoms with Crippen molar-refractivity contribution in [3.8, 4) is 11.5 Å². The van der Waals surface area contributed by atoms with Gasteiger partial charge in [-0.05, 0) is 12.1 Å². The highest BCUT2D eigenvalue weighted by atomic mass is 35.5. The third-order valence-electron chi connectivity index (χ3n) is 2.17. The maximum Gasteiger partial charge on any atom is 0.342 e. The highest BCUT2D eigenvalue weighted by Crippen LogP contribution is 2.31. The van der Waals surface area contributed by atoms with Gasteiger partial charge in [0.25, 0.3) is 0 Å². The summed E-state index contributed by atoms with van der Waals surface area (Å²) in [7, 11) is 3.81. The van der Waals surface area contributed by atoms with Crippen molar-refractivity contribution in [3.05, 3.63) is 23.3 Å². The van der Waals surface area contributed by atoms with Gasteiger partial charge in [-0.25, -0.2) is 9.59 Å². The lowest BCUT2D eigenvalue weighted by atomic mass is 10.1. The van der Waals surface area contributed by atoms with E-state index in [1.54, 1.807) is 0 Å². The summed E-state index contributed by atoms with van der Waals surface area (Å²) in [5.74, 6) is -1.90. The molecule has 1 N–H and O–H groups in total. The number of carboxylic acids is 1. The minimum atomic E-state index is -1.29. The molecule has 6 nitrogen and oxygen atoms in total. The van der Waals surface area contributed by atoms with Crippen LogP contribution in [0.1, 0.15) is 20.7 Å². The fourth-order valence-corrected chi connectivity index (χ4v) is 1.42. The molecule has 0 heterocycles. The molecule has 0 unspecified atom stereocenters. The van der Waals surface area contributed by atoms with Crippen molar-refractivity contribution in [1.82, 2.24) is 0 Å². The quantitative estimate of drug-likeness (QED) is 0.842. The maximum absolute atomic E-state index is 11.6. The lowest BCUT2D eigenvalue weighted by Gasteiger charge is -2.12. The Kier molecular flexibility index (Phi) is 5.98. The van der Waals surface area contributed by atoms with Crippen LogP contribution in [0.2, 0.25) is 0 Å². The molecule has 1 rings (SSSR count). The second kappa shape index (κ2) is 6.70. The predicted molar refractivity (Wildman–Crippen MR) is 65.1 cm³/mol. The van der Waals surface area contributed by atoms with Crippen molar-refractivity contribution >= 4 is 24.3 Å². The molecule has 0 saturated carbocycles. The van der Waals surface area contributed by atoms with Gasteiger partial charge in [0.05, 0.1) is 21.3 Å². The molecule has 0 spiro atoms. The molecule has 1 aromatic rings. The van der Waals surface area contributed by atoms with E-state index in [9.17, 15) is 9.59 Å². The number of rotatable bonds is 4. The largest absolute Gasteiger partial charge is 0.496 e. The van der Waals surface area contributed by atoms with E-state index < -0.39 is 11.9 Å². The van der Waals surface area contributed by atoms with Gasteiger partial charge in [0.1, 0.15) is 22.6 Å². The minimum Gasteiger partial charge on any atom is -0.496 e. The molecule has 0 aliphatic rings. The molecule has 18 heavy (non-hydrogen) atoms. The SMILES string of the molecule is COC(=O)c1c(OC)ccc(OC)c1C(=O)O.Cl. The Morgan fingerprint density at radius 3 is 1.78 bits per heavy atom. The van der Waals surface area contributed by atoms with Crippen molar-refractivity contribution in [1.29, 1.82) is 0 Å². The van der Waals surface area contributed by atoms with Gasteiger partial charge >= 0.3 is 11.9 Å². The van der Waals surface area contributed by atoms with E-state index in [0.717, 1.165) is 7.11 Å². The molecular weight excluding hydrogens is 264 g/mol. The number of methoxy groups -OCH3 is 3. The monoisotopic (exact) mass is 276 g/mol. The van der Waals surface area contributed by atoms with Crippen LogP contribution < -0.4 is 9.47 Å². The molecule has 0 atom stereocenters. The van der Waals surface area contributed by atoms with Gasteiger partial charge in [0.2, 0.25) is 0 Å². The van der Waals surface area contributed by atoms with Crippen LogP contribution in [0.5, 0.6) is 11.5 Å². The van der Waals surface area contributed by atoms with Crippen LogP contribution >= 0.6 is 12.4 Å². The number of carbonyl (C=O) groups excluding carboxylic acids is 1. The first-order valence-corrected chi connectivity index (χ1v) is 4.63. The van der Waals surface area contributed by atoms with Gasteiger partial charge in [0, 0.05) is 0 Å². The Balaban J connectivity index is 0.00000289. The third-order valence-corrected chi connectivity index (χ3v) is 2.17. The Hall–Kier alpha value is -1.95. The Morgan fingerprint density at radius 1 is 1.00 bits per heavy atom. The molecule has 100 valence electrons. The molecule has 0 radical (unpaired) electrons. The van der Waals surface area contributed by atoms with E-state index >= 15 is 0 Å². The van der Waals surface area contributed by atoms with Crippen molar-refractivity contribution in [2.24, 2.45) is 0 Å². The number of carbonyl (C=O) groups is 2. The van der Waals surface area contributed by atoms with E-state index in [4.69, 9.17) is 14.6 Å². The van der Waals surface area contributed by atoms with E-state index in [-0.39, 0.29) is 35.0 Å². The number of halogens is 1. The standard InChI is InChI=1S/C11H12O6.ClH/c1-15-6-4-5-7(16-2)9(11(14)17-3)8(6)10(12)13;/h4-5H,1-3H3,(H,12,13);1H. The average Bonchev–Trinajstić information content (AvgIpc) is 2.35. The van der Waals surface area contributed by atoms with Crippen LogP contribution in [-0.4, -0.2) is 38.4 Å². The average molecular weight is 277 g/mol. The van der Waals surface area contributed by atoms with Gasteiger partial charge in [-0.3, -0.25) is 0 Å². The van der Waals surface area contributed by atoms with E-state index in [1.807, 2.05) is 0 Å². The second-order valence-corrected chi connectivity index (χ2v) is 3.02. The highest BCUT2D eigenvalue weighted by Gasteiger charge is 2.26. The summed E-state index contributed by atoms with van der Waals surface area (Å²) in [6, 6.07) is 2.85. The van der Waals surface area contributed by atoms with E-state index in [1.165, 1.54) is 26.4 Å². The Bertz CT molecular complexity index is 457. The lowest BCUT2D eigenvalue weighted by Crippen LogP contribution is -2.13. The summed E-state index contributed by atoms with van der Waals surface area (Å²) in [6.07, 6.45) is 0. The van der Waals surface area contributed by atoms with Crippen molar-refractivity contribution in [2.75, 3.05) is 21.3 Å². The topological polar surface area (TPSA) is 82.1 Å². The zero-order valence-electron chi connectivity index (χ0n) is 10.1. The summed E-state index contributed by atoms with van der Waals surface area (Å²) < 4.78 is 14.4. The molecule has 7 heteroatoms. The van der Waals surface area contributed by atoms with Gasteiger partial charge in [-0.2, -0.15) is 0 Å². The summed E-state index contributed by atoms with van der Waals surface area (Å²) >= 11 is 0. The maximum atomic E-state index is 11.6. The normalized spacial score (nSPS) is 9.06. The van der Waals surface area contributed by atoms with E-state index in [0.29, 0.717) is 0 Å². The van der Waals surface area contributed by atoms with Crippen LogP contribution in [0.15, 0.2) is 12.1 Å². The molecule has 0 bridgehead atoms. The summed E-state index contributed by atoms with van der Waals surface area (Å²) in [5, 5.41) is 9.10. The van der Waals surface area contributed by atoms with Crippen molar-refractivity contribution in [3.63, 3.8) is 0 Å². The highest BCUT2D eigenvalue weighted by molar-refractivity contribution is 6.06. The Morgan fingerprint density at radius 2 is 1.44 bits per heavy atom. The molecule has 0 fully saturated rings. The third kappa shape index (κ3) is 2.84. The number of benzene rings is 1. The number of carboxylic acid groups (broad SMARTS) is 1. The number of esters is 1. The van der Waals surface area contributed by atoms with Crippen molar-refractivity contribution in [2.45, 2.75) is 0 Å². The zero-order chi connectivity index (χ0) is 13.0. The molecule has 0 aliphatic heterocycles. The molecular formula is C11H13ClO6. The first-order valence-electron chi connectivity index (χ1n) is 4.63. The first kappa shape index (κ1) is 16.1. The van der Waals surface area contributed by atoms with Crippen LogP contribution in [0.3, 0.4) is 0 Å². The van der Waals surface area contributed by atoms with Crippen molar-refractivity contribution < 1.29 is 28.9 Å². The second-order valence-electron chi connectivity index (χ2n) is 3.02. The first-order chi connectivity index (χ1) is 8.06. The number of ether oxygens (including phenoxy) is 3. The van der Waals surface area contributed by atoms with E-state index in [2.05, 4.69) is 4.74 Å². The molecule has 0 amide bonds. The number of aromatic carboxylic acids is 1. The smallest absolute Gasteiger partial charge is 0.342 e. The summed E-state index contributed by atoms with van der Waals surface area (Å²) in [4.78, 5) is 22.7. The molecule has 1 aromatic carbocycles. The van der Waals surface area contributed by atoms with Gasteiger partial charge in [0.15, 0.2) is 0 Å². The summed E-state index contributed by atoms with van der Waals surface area (Å²) in [5.41, 5.74) is -0.444. The molecule has 0 aliphatic carbocycles. The summed E-state index contributed by atoms with van der Waals surface area (Å²) in [6.45, 7) is 0. The van der Waals surface area contributed by atoms with Crippen LogP contribution in [0.25, 0.3) is 0 Å². The predicted octanol–water partition coefficient (Wildman–Crippen LogP) is 1.61. The lowest BCUT2D eigenvalue weighted by molar-refractivity contribution is 0.0577. The molecule has 0 saturated heterocycles. The minimum absolute atomic E-state index is 0. The van der Waals surface area contributed by atoms with Crippen LogP contribution in [0.4, 0.5) is 0 Å². The zero-order valence-corrected chi connectivity index (χ0v) is 10.9. The van der Waals surface area contributed by atoms with Crippen LogP contribution in [-0.2, 0) is 4.74 Å². The number of hydrogen-bond acceptors (Lipinski definition) is 5. The fourth-order valence-electron chi connectivity index (χ4n) is 1.42. The number of hydrogen-bond donors (Lipinski definition) is 1. The van der Waals surface area contributed by atoms with Gasteiger partial charge in [-0.1, -0.05) is 0 Å². The fraction of sp³-hybridized carbons (Fsp3) is 0.273. The Labute approximate surface area is 110 Å².